The average Bonchev–Trinajstić information content (AvgIpc) is 2.62. The van der Waals surface area contributed by atoms with Crippen LogP contribution in [0.25, 0.3) is 0 Å². The fourth-order valence-corrected chi connectivity index (χ4v) is 3.57. The van der Waals surface area contributed by atoms with Crippen molar-refractivity contribution in [1.82, 2.24) is 4.98 Å². The molecule has 1 aliphatic rings. The lowest BCUT2D eigenvalue weighted by Gasteiger charge is -2.37. The van der Waals surface area contributed by atoms with Gasteiger partial charge >= 0.3 is 0 Å². The lowest BCUT2D eigenvalue weighted by Crippen LogP contribution is -2.35. The molecular formula is C19H25N3O. The first-order valence-corrected chi connectivity index (χ1v) is 8.36. The van der Waals surface area contributed by atoms with Crippen LogP contribution in [0.2, 0.25) is 0 Å². The summed E-state index contributed by atoms with van der Waals surface area (Å²) in [5.74, 6) is 7.03. The number of anilines is 1. The van der Waals surface area contributed by atoms with Crippen LogP contribution in [0, 0.1) is 6.92 Å². The minimum absolute atomic E-state index is 0.117. The lowest BCUT2D eigenvalue weighted by molar-refractivity contribution is 0.168. The molecule has 0 aliphatic heterocycles. The molecule has 0 radical (unpaired) electrons. The number of nitrogens with two attached hydrogens (primary N) is 1. The maximum absolute atomic E-state index is 6.24. The van der Waals surface area contributed by atoms with Crippen LogP contribution in [0.4, 0.5) is 5.82 Å². The summed E-state index contributed by atoms with van der Waals surface area (Å²) in [7, 11) is 0. The van der Waals surface area contributed by atoms with Crippen molar-refractivity contribution in [3.05, 3.63) is 53.7 Å². The Balaban J connectivity index is 1.83. The molecule has 1 aliphatic carbocycles. The second kappa shape index (κ2) is 7.01. The molecule has 122 valence electrons. The van der Waals surface area contributed by atoms with E-state index in [4.69, 9.17) is 10.6 Å². The topological polar surface area (TPSA) is 60.2 Å². The van der Waals surface area contributed by atoms with Crippen molar-refractivity contribution in [1.29, 1.82) is 0 Å². The zero-order valence-electron chi connectivity index (χ0n) is 13.7. The van der Waals surface area contributed by atoms with E-state index in [9.17, 15) is 0 Å². The van der Waals surface area contributed by atoms with Crippen molar-refractivity contribution in [3.63, 3.8) is 0 Å². The predicted octanol–water partition coefficient (Wildman–Crippen LogP) is 3.96. The molecular weight excluding hydrogens is 286 g/mol. The molecule has 2 aromatic rings. The Kier molecular flexibility index (Phi) is 4.82. The highest BCUT2D eigenvalue weighted by Gasteiger charge is 2.34. The average molecular weight is 311 g/mol. The Bertz CT molecular complexity index is 636. The number of aromatic nitrogens is 1. The molecule has 0 spiro atoms. The van der Waals surface area contributed by atoms with Crippen LogP contribution in [0.3, 0.4) is 0 Å². The van der Waals surface area contributed by atoms with E-state index < -0.39 is 0 Å². The Morgan fingerprint density at radius 2 is 1.87 bits per heavy atom. The van der Waals surface area contributed by atoms with Gasteiger partial charge in [0.2, 0.25) is 0 Å². The van der Waals surface area contributed by atoms with Crippen LogP contribution < -0.4 is 16.0 Å². The van der Waals surface area contributed by atoms with Crippen molar-refractivity contribution in [2.75, 3.05) is 12.0 Å². The van der Waals surface area contributed by atoms with E-state index >= 15 is 0 Å². The Labute approximate surface area is 138 Å². The molecule has 0 atom stereocenters. The maximum Gasteiger partial charge on any atom is 0.146 e. The summed E-state index contributed by atoms with van der Waals surface area (Å²) in [6, 6.07) is 12.7. The standard InChI is InChI=1S/C19H25N3O/c1-15-17(10-13-21-18(15)22-20)23-14-19(11-6-3-7-12-19)16-8-4-2-5-9-16/h2,4-5,8-10,13H,3,6-7,11-12,14,20H2,1H3,(H,21,22). The number of benzene rings is 1. The summed E-state index contributed by atoms with van der Waals surface area (Å²) in [5, 5.41) is 0. The van der Waals surface area contributed by atoms with Gasteiger partial charge in [0, 0.05) is 17.2 Å². The first-order chi connectivity index (χ1) is 11.2. The summed E-state index contributed by atoms with van der Waals surface area (Å²) >= 11 is 0. The van der Waals surface area contributed by atoms with Crippen molar-refractivity contribution in [2.45, 2.75) is 44.4 Å². The molecule has 1 aromatic heterocycles. The van der Waals surface area contributed by atoms with Crippen LogP contribution >= 0.6 is 0 Å². The molecule has 3 rings (SSSR count). The van der Waals surface area contributed by atoms with Crippen LogP contribution in [-0.4, -0.2) is 11.6 Å². The largest absolute Gasteiger partial charge is 0.492 e. The molecule has 0 bridgehead atoms. The van der Waals surface area contributed by atoms with Crippen LogP contribution in [0.15, 0.2) is 42.6 Å². The fraction of sp³-hybridized carbons (Fsp3) is 0.421. The van der Waals surface area contributed by atoms with E-state index in [1.165, 1.54) is 37.7 Å². The number of pyridine rings is 1. The van der Waals surface area contributed by atoms with E-state index in [1.54, 1.807) is 6.20 Å². The van der Waals surface area contributed by atoms with Crippen LogP contribution in [0.1, 0.15) is 43.2 Å². The van der Waals surface area contributed by atoms with Crippen LogP contribution in [0.5, 0.6) is 5.75 Å². The van der Waals surface area contributed by atoms with E-state index in [0.29, 0.717) is 12.4 Å². The Morgan fingerprint density at radius 3 is 2.57 bits per heavy atom. The molecule has 0 unspecified atom stereocenters. The number of nitrogens with one attached hydrogen (secondary N) is 1. The molecule has 0 saturated heterocycles. The quantitative estimate of drug-likeness (QED) is 0.648. The highest BCUT2D eigenvalue weighted by molar-refractivity contribution is 5.49. The molecule has 1 heterocycles. The molecule has 4 heteroatoms. The molecule has 23 heavy (non-hydrogen) atoms. The highest BCUT2D eigenvalue weighted by Crippen LogP contribution is 2.40. The van der Waals surface area contributed by atoms with Gasteiger partial charge in [-0.25, -0.2) is 10.8 Å². The number of hydrogen-bond acceptors (Lipinski definition) is 4. The van der Waals surface area contributed by atoms with Gasteiger partial charge in [0.05, 0.1) is 6.61 Å². The summed E-state index contributed by atoms with van der Waals surface area (Å²) in [6.45, 7) is 2.68. The number of rotatable bonds is 5. The van der Waals surface area contributed by atoms with Crippen molar-refractivity contribution in [2.24, 2.45) is 5.84 Å². The molecule has 1 saturated carbocycles. The third-order valence-electron chi connectivity index (χ3n) is 4.99. The van der Waals surface area contributed by atoms with Gasteiger partial charge in [-0.2, -0.15) is 0 Å². The van der Waals surface area contributed by atoms with Gasteiger partial charge in [-0.3, -0.25) is 0 Å². The number of hydrogen-bond donors (Lipinski definition) is 2. The summed E-state index contributed by atoms with van der Waals surface area (Å²) in [5.41, 5.74) is 5.09. The highest BCUT2D eigenvalue weighted by atomic mass is 16.5. The minimum atomic E-state index is 0.117. The number of ether oxygens (including phenoxy) is 1. The van der Waals surface area contributed by atoms with Gasteiger partial charge in [0.1, 0.15) is 11.6 Å². The number of nitrogen functional groups attached to an aromatic ring is 1. The Hall–Kier alpha value is -2.07. The maximum atomic E-state index is 6.24. The SMILES string of the molecule is Cc1c(OCC2(c3ccccc3)CCCCC2)ccnc1NN. The molecule has 3 N–H and O–H groups in total. The second-order valence-corrected chi connectivity index (χ2v) is 6.42. The predicted molar refractivity (Wildman–Crippen MR) is 93.5 cm³/mol. The minimum Gasteiger partial charge on any atom is -0.492 e. The molecule has 1 fully saturated rings. The number of hydrazine groups is 1. The van der Waals surface area contributed by atoms with E-state index in [2.05, 4.69) is 40.7 Å². The van der Waals surface area contributed by atoms with Gasteiger partial charge in [-0.15, -0.1) is 0 Å². The van der Waals surface area contributed by atoms with Crippen molar-refractivity contribution < 1.29 is 4.74 Å². The van der Waals surface area contributed by atoms with Gasteiger partial charge in [-0.05, 0) is 31.4 Å². The van der Waals surface area contributed by atoms with E-state index in [-0.39, 0.29) is 5.41 Å². The van der Waals surface area contributed by atoms with E-state index in [0.717, 1.165) is 11.3 Å². The van der Waals surface area contributed by atoms with Crippen LogP contribution in [-0.2, 0) is 5.41 Å². The first kappa shape index (κ1) is 15.8. The molecule has 1 aromatic carbocycles. The Morgan fingerprint density at radius 1 is 1.13 bits per heavy atom. The second-order valence-electron chi connectivity index (χ2n) is 6.42. The van der Waals surface area contributed by atoms with Crippen molar-refractivity contribution >= 4 is 5.82 Å². The molecule has 4 nitrogen and oxygen atoms in total. The van der Waals surface area contributed by atoms with E-state index in [1.807, 2.05) is 13.0 Å². The lowest BCUT2D eigenvalue weighted by atomic mass is 9.70. The summed E-state index contributed by atoms with van der Waals surface area (Å²) < 4.78 is 6.24. The zero-order valence-corrected chi connectivity index (χ0v) is 13.7. The number of nitrogens with zero attached hydrogens (tertiary/aromatic N) is 1. The van der Waals surface area contributed by atoms with Gasteiger partial charge < -0.3 is 10.2 Å². The van der Waals surface area contributed by atoms with Gasteiger partial charge in [-0.1, -0.05) is 49.6 Å². The molecule has 0 amide bonds. The third-order valence-corrected chi connectivity index (χ3v) is 4.99. The zero-order chi connectivity index (χ0) is 16.1. The van der Waals surface area contributed by atoms with Crippen molar-refractivity contribution in [3.8, 4) is 5.75 Å². The van der Waals surface area contributed by atoms with Gasteiger partial charge in [0.15, 0.2) is 0 Å². The normalized spacial score (nSPS) is 16.8. The van der Waals surface area contributed by atoms with Gasteiger partial charge in [0.25, 0.3) is 0 Å². The first-order valence-electron chi connectivity index (χ1n) is 8.36. The summed E-state index contributed by atoms with van der Waals surface area (Å²) in [4.78, 5) is 4.21. The monoisotopic (exact) mass is 311 g/mol. The smallest absolute Gasteiger partial charge is 0.146 e. The summed E-state index contributed by atoms with van der Waals surface area (Å²) in [6.07, 6.45) is 7.95. The third kappa shape index (κ3) is 3.32. The fourth-order valence-electron chi connectivity index (χ4n) is 3.57.